The Labute approximate surface area is 189 Å². The van der Waals surface area contributed by atoms with Crippen LogP contribution in [0.4, 0.5) is 14.9 Å². The first-order valence-corrected chi connectivity index (χ1v) is 15.2. The summed E-state index contributed by atoms with van der Waals surface area (Å²) in [6.45, 7) is 9.32. The summed E-state index contributed by atoms with van der Waals surface area (Å²) >= 11 is 0. The van der Waals surface area contributed by atoms with E-state index in [0.717, 1.165) is 47.8 Å². The number of ether oxygens (including phenoxy) is 1. The van der Waals surface area contributed by atoms with Crippen LogP contribution in [0.1, 0.15) is 25.3 Å². The molecule has 4 rings (SSSR count). The Hall–Kier alpha value is -2.23. The van der Waals surface area contributed by atoms with Gasteiger partial charge in [0.15, 0.2) is 0 Å². The van der Waals surface area contributed by atoms with Crippen LogP contribution in [-0.4, -0.2) is 62.5 Å². The van der Waals surface area contributed by atoms with E-state index in [9.17, 15) is 14.0 Å². The van der Waals surface area contributed by atoms with Crippen LogP contribution in [0.2, 0.25) is 25.7 Å². The molecule has 0 radical (unpaired) electrons. The number of rotatable bonds is 7. The monoisotopic (exact) mass is 460 g/mol. The zero-order valence-electron chi connectivity index (χ0n) is 19.2. The van der Waals surface area contributed by atoms with Gasteiger partial charge < -0.3 is 14.6 Å². The van der Waals surface area contributed by atoms with E-state index >= 15 is 0 Å². The van der Waals surface area contributed by atoms with Crippen molar-refractivity contribution in [3.63, 3.8) is 0 Å². The van der Waals surface area contributed by atoms with Gasteiger partial charge in [0.2, 0.25) is 5.91 Å². The van der Waals surface area contributed by atoms with E-state index in [1.165, 1.54) is 17.0 Å². The van der Waals surface area contributed by atoms with Crippen molar-refractivity contribution in [1.29, 1.82) is 0 Å². The SMILES string of the molecule is C[Si](C)(C)CCOCN1C(=O)CCN(c2cc(F)cc3c2ccn3C2CCNCC2)C1=O. The van der Waals surface area contributed by atoms with Gasteiger partial charge in [-0.2, -0.15) is 0 Å². The molecule has 3 heterocycles. The predicted molar refractivity (Wildman–Crippen MR) is 126 cm³/mol. The smallest absolute Gasteiger partial charge is 0.333 e. The minimum absolute atomic E-state index is 0.0623. The molecule has 2 aliphatic heterocycles. The number of piperidine rings is 1. The Balaban J connectivity index is 1.57. The third-order valence-electron chi connectivity index (χ3n) is 6.30. The summed E-state index contributed by atoms with van der Waals surface area (Å²) in [6, 6.07) is 5.70. The topological polar surface area (TPSA) is 66.8 Å². The van der Waals surface area contributed by atoms with Crippen molar-refractivity contribution in [3.8, 4) is 0 Å². The van der Waals surface area contributed by atoms with Crippen molar-refractivity contribution in [2.24, 2.45) is 0 Å². The number of carbonyl (C=O) groups excluding carboxylic acids is 2. The van der Waals surface area contributed by atoms with E-state index in [1.807, 2.05) is 12.3 Å². The number of halogens is 1. The second-order valence-electron chi connectivity index (χ2n) is 9.92. The summed E-state index contributed by atoms with van der Waals surface area (Å²) in [5, 5.41) is 4.18. The molecule has 32 heavy (non-hydrogen) atoms. The number of anilines is 1. The van der Waals surface area contributed by atoms with Crippen molar-refractivity contribution in [3.05, 3.63) is 30.2 Å². The summed E-state index contributed by atoms with van der Waals surface area (Å²) in [4.78, 5) is 28.3. The van der Waals surface area contributed by atoms with Crippen LogP contribution in [-0.2, 0) is 9.53 Å². The number of benzene rings is 1. The molecule has 2 saturated heterocycles. The number of nitrogens with one attached hydrogen (secondary N) is 1. The van der Waals surface area contributed by atoms with Crippen molar-refractivity contribution in [2.75, 3.05) is 37.9 Å². The number of hydrogen-bond acceptors (Lipinski definition) is 4. The molecule has 7 nitrogen and oxygen atoms in total. The van der Waals surface area contributed by atoms with E-state index in [1.54, 1.807) is 0 Å². The molecule has 1 N–H and O–H groups in total. The molecule has 2 aromatic rings. The lowest BCUT2D eigenvalue weighted by Gasteiger charge is -2.34. The summed E-state index contributed by atoms with van der Waals surface area (Å²) in [6.07, 6.45) is 4.14. The van der Waals surface area contributed by atoms with Gasteiger partial charge in [0.1, 0.15) is 12.5 Å². The van der Waals surface area contributed by atoms with Gasteiger partial charge in [0.25, 0.3) is 0 Å². The van der Waals surface area contributed by atoms with Gasteiger partial charge in [0, 0.05) is 45.3 Å². The molecule has 2 fully saturated rings. The van der Waals surface area contributed by atoms with Gasteiger partial charge in [0.05, 0.1) is 11.2 Å². The zero-order chi connectivity index (χ0) is 22.9. The van der Waals surface area contributed by atoms with Crippen LogP contribution in [0.3, 0.4) is 0 Å². The molecule has 0 unspecified atom stereocenters. The summed E-state index contributed by atoms with van der Waals surface area (Å²) in [5.41, 5.74) is 1.30. The Morgan fingerprint density at radius 2 is 1.94 bits per heavy atom. The number of urea groups is 1. The van der Waals surface area contributed by atoms with Gasteiger partial charge >= 0.3 is 6.03 Å². The highest BCUT2D eigenvalue weighted by Crippen LogP contribution is 2.34. The predicted octanol–water partition coefficient (Wildman–Crippen LogP) is 4.18. The quantitative estimate of drug-likeness (QED) is 0.497. The van der Waals surface area contributed by atoms with E-state index < -0.39 is 14.1 Å². The highest BCUT2D eigenvalue weighted by molar-refractivity contribution is 6.76. The lowest BCUT2D eigenvalue weighted by Crippen LogP contribution is -2.53. The molecule has 9 heteroatoms. The van der Waals surface area contributed by atoms with Gasteiger partial charge in [-0.15, -0.1) is 0 Å². The van der Waals surface area contributed by atoms with Crippen LogP contribution in [0.5, 0.6) is 0 Å². The van der Waals surface area contributed by atoms with Crippen LogP contribution < -0.4 is 10.2 Å². The largest absolute Gasteiger partial charge is 0.361 e. The average Bonchev–Trinajstić information content (AvgIpc) is 3.16. The maximum Gasteiger partial charge on any atom is 0.333 e. The van der Waals surface area contributed by atoms with Gasteiger partial charge in [-0.3, -0.25) is 9.69 Å². The molecule has 0 aliphatic carbocycles. The number of nitrogens with zero attached hydrogens (tertiary/aromatic N) is 3. The lowest BCUT2D eigenvalue weighted by atomic mass is 10.1. The van der Waals surface area contributed by atoms with Crippen molar-refractivity contribution in [2.45, 2.75) is 51.0 Å². The fourth-order valence-electron chi connectivity index (χ4n) is 4.41. The van der Waals surface area contributed by atoms with Crippen molar-refractivity contribution in [1.82, 2.24) is 14.8 Å². The minimum atomic E-state index is -1.26. The molecule has 1 aromatic carbocycles. The number of aromatic nitrogens is 1. The first-order chi connectivity index (χ1) is 15.2. The van der Waals surface area contributed by atoms with Crippen LogP contribution in [0.15, 0.2) is 24.4 Å². The number of fused-ring (bicyclic) bond motifs is 1. The Morgan fingerprint density at radius 1 is 1.19 bits per heavy atom. The molecule has 1 aromatic heterocycles. The van der Waals surface area contributed by atoms with E-state index in [2.05, 4.69) is 29.5 Å². The molecule has 0 spiro atoms. The van der Waals surface area contributed by atoms with Gasteiger partial charge in [-0.25, -0.2) is 14.1 Å². The van der Waals surface area contributed by atoms with Crippen LogP contribution >= 0.6 is 0 Å². The number of hydrogen-bond donors (Lipinski definition) is 1. The molecule has 0 bridgehead atoms. The highest BCUT2D eigenvalue weighted by Gasteiger charge is 2.34. The van der Waals surface area contributed by atoms with Gasteiger partial charge in [-0.05, 0) is 50.2 Å². The third kappa shape index (κ3) is 4.89. The van der Waals surface area contributed by atoms with E-state index in [-0.39, 0.29) is 31.4 Å². The summed E-state index contributed by atoms with van der Waals surface area (Å²) in [5.74, 6) is -0.636. The maximum atomic E-state index is 14.7. The third-order valence-corrected chi connectivity index (χ3v) is 8.01. The maximum absolute atomic E-state index is 14.7. The summed E-state index contributed by atoms with van der Waals surface area (Å²) < 4.78 is 22.5. The molecular formula is C23H33FN4O3Si. The Bertz CT molecular complexity index is 997. The number of imide groups is 1. The standard InChI is InChI=1S/C23H33FN4O3Si/c1-32(2,3)13-12-31-16-28-22(29)7-11-27(23(28)30)21-15-17(24)14-20-19(21)6-10-26(20)18-4-8-25-9-5-18/h6,10,14-15,18,25H,4-5,7-9,11-13,16H2,1-3H3. The van der Waals surface area contributed by atoms with Gasteiger partial charge in [-0.1, -0.05) is 19.6 Å². The van der Waals surface area contributed by atoms with E-state index in [4.69, 9.17) is 4.74 Å². The molecule has 174 valence electrons. The Kier molecular flexibility index (Phi) is 6.69. The number of carbonyl (C=O) groups is 2. The van der Waals surface area contributed by atoms with Crippen LogP contribution in [0.25, 0.3) is 10.9 Å². The fraction of sp³-hybridized carbons (Fsp3) is 0.565. The molecule has 3 amide bonds. The van der Waals surface area contributed by atoms with Crippen molar-refractivity contribution < 1.29 is 18.7 Å². The van der Waals surface area contributed by atoms with Crippen LogP contribution in [0, 0.1) is 5.82 Å². The highest BCUT2D eigenvalue weighted by atomic mass is 28.3. The first kappa shape index (κ1) is 22.9. The normalized spacial score (nSPS) is 18.8. The summed E-state index contributed by atoms with van der Waals surface area (Å²) in [7, 11) is -1.26. The fourth-order valence-corrected chi connectivity index (χ4v) is 5.17. The van der Waals surface area contributed by atoms with Crippen molar-refractivity contribution >= 4 is 36.6 Å². The lowest BCUT2D eigenvalue weighted by molar-refractivity contribution is -0.133. The number of amides is 3. The van der Waals surface area contributed by atoms with E-state index in [0.29, 0.717) is 18.3 Å². The molecule has 0 saturated carbocycles. The minimum Gasteiger partial charge on any atom is -0.361 e. The zero-order valence-corrected chi connectivity index (χ0v) is 20.2. The second-order valence-corrected chi connectivity index (χ2v) is 15.5. The molecule has 2 aliphatic rings. The average molecular weight is 461 g/mol. The Morgan fingerprint density at radius 3 is 2.66 bits per heavy atom. The first-order valence-electron chi connectivity index (χ1n) is 11.4. The molecule has 0 atom stereocenters. The molecular weight excluding hydrogens is 427 g/mol. The second kappa shape index (κ2) is 9.33.